The van der Waals surface area contributed by atoms with E-state index in [-0.39, 0.29) is 11.0 Å². The minimum atomic E-state index is -1.73. The van der Waals surface area contributed by atoms with Crippen LogP contribution < -0.4 is 0 Å². The van der Waals surface area contributed by atoms with Crippen molar-refractivity contribution in [1.29, 1.82) is 0 Å². The summed E-state index contributed by atoms with van der Waals surface area (Å²) in [7, 11) is -1.73. The fraction of sp³-hybridized carbons (Fsp3) is 0.696. The molecule has 1 unspecified atom stereocenters. The highest BCUT2D eigenvalue weighted by Gasteiger charge is 2.41. The predicted molar refractivity (Wildman–Crippen MR) is 124 cm³/mol. The molecule has 0 spiro atoms. The Morgan fingerprint density at radius 3 is 2.34 bits per heavy atom. The fourth-order valence-corrected chi connectivity index (χ4v) is 6.24. The van der Waals surface area contributed by atoms with Crippen LogP contribution in [0.3, 0.4) is 0 Å². The van der Waals surface area contributed by atoms with Crippen LogP contribution in [0.2, 0.25) is 28.2 Å². The molecule has 0 aromatic heterocycles. The predicted octanol–water partition coefficient (Wildman–Crippen LogP) is 6.72. The van der Waals surface area contributed by atoms with Crippen molar-refractivity contribution in [3.05, 3.63) is 33.8 Å². The lowest BCUT2D eigenvalue weighted by Gasteiger charge is -2.42. The van der Waals surface area contributed by atoms with E-state index >= 15 is 0 Å². The summed E-state index contributed by atoms with van der Waals surface area (Å²) in [4.78, 5) is 15.2. The number of hydrogen-bond acceptors (Lipinski definition) is 2. The Bertz CT molecular complexity index is 739. The van der Waals surface area contributed by atoms with Crippen molar-refractivity contribution in [1.82, 2.24) is 4.90 Å². The van der Waals surface area contributed by atoms with Crippen molar-refractivity contribution in [2.75, 3.05) is 6.54 Å². The van der Waals surface area contributed by atoms with Gasteiger partial charge in [0.05, 0.1) is 0 Å². The third-order valence-electron chi connectivity index (χ3n) is 7.18. The van der Waals surface area contributed by atoms with Gasteiger partial charge in [-0.05, 0) is 74.4 Å². The number of amides is 1. The third kappa shape index (κ3) is 5.39. The van der Waals surface area contributed by atoms with E-state index in [1.807, 2.05) is 12.1 Å². The molecule has 0 bridgehead atoms. The molecular formula is C23H35Cl2NO2Si. The first kappa shape index (κ1) is 23.1. The molecule has 6 heteroatoms. The Morgan fingerprint density at radius 2 is 1.76 bits per heavy atom. The molecule has 1 saturated heterocycles. The number of hydrogen-bond donors (Lipinski definition) is 0. The van der Waals surface area contributed by atoms with E-state index in [2.05, 4.69) is 38.8 Å². The van der Waals surface area contributed by atoms with Crippen molar-refractivity contribution in [3.63, 3.8) is 0 Å². The number of nitrogens with zero attached hydrogens (tertiary/aromatic N) is 1. The van der Waals surface area contributed by atoms with Crippen molar-refractivity contribution in [3.8, 4) is 0 Å². The van der Waals surface area contributed by atoms with Gasteiger partial charge in [-0.25, -0.2) is 0 Å². The zero-order valence-corrected chi connectivity index (χ0v) is 20.9. The number of rotatable bonds is 5. The minimum absolute atomic E-state index is 0.0369. The fourth-order valence-electron chi connectivity index (χ4n) is 4.34. The van der Waals surface area contributed by atoms with Crippen LogP contribution in [0, 0.1) is 5.92 Å². The largest absolute Gasteiger partial charge is 0.414 e. The SMILES string of the molecule is CC(C)(C)[Si](C)(C)O[C@H]1CC[C@@H](N2CCC(Cc3ccc(Cl)cc3Cl)C2=O)CC1. The van der Waals surface area contributed by atoms with Gasteiger partial charge in [0.2, 0.25) is 5.91 Å². The standard InChI is InChI=1S/C23H35Cl2NO2Si/c1-23(2,3)29(4,5)28-20-10-8-19(9-11-20)26-13-12-17(22(26)27)14-16-6-7-18(24)15-21(16)25/h6-7,15,17,19-20H,8-14H2,1-5H3/t17?,19-,20+. The second-order valence-corrected chi connectivity index (χ2v) is 15.9. The van der Waals surface area contributed by atoms with E-state index in [1.54, 1.807) is 6.07 Å². The maximum absolute atomic E-state index is 13.1. The topological polar surface area (TPSA) is 29.5 Å². The van der Waals surface area contributed by atoms with Crippen molar-refractivity contribution < 1.29 is 9.22 Å². The lowest BCUT2D eigenvalue weighted by molar-refractivity contribution is -0.133. The van der Waals surface area contributed by atoms with Crippen LogP contribution in [0.1, 0.15) is 58.4 Å². The summed E-state index contributed by atoms with van der Waals surface area (Å²) < 4.78 is 6.61. The van der Waals surface area contributed by atoms with Gasteiger partial charge in [0, 0.05) is 34.7 Å². The summed E-state index contributed by atoms with van der Waals surface area (Å²) in [5, 5.41) is 1.53. The maximum Gasteiger partial charge on any atom is 0.226 e. The van der Waals surface area contributed by atoms with Gasteiger partial charge in [-0.1, -0.05) is 50.0 Å². The molecular weight excluding hydrogens is 421 g/mol. The third-order valence-corrected chi connectivity index (χ3v) is 12.3. The molecule has 1 saturated carbocycles. The summed E-state index contributed by atoms with van der Waals surface area (Å²) in [6.45, 7) is 12.4. The van der Waals surface area contributed by atoms with E-state index in [4.69, 9.17) is 27.6 Å². The van der Waals surface area contributed by atoms with Gasteiger partial charge in [0.15, 0.2) is 8.32 Å². The van der Waals surface area contributed by atoms with Crippen LogP contribution in [0.25, 0.3) is 0 Å². The number of benzene rings is 1. The maximum atomic E-state index is 13.1. The van der Waals surface area contributed by atoms with Gasteiger partial charge in [-0.2, -0.15) is 0 Å². The smallest absolute Gasteiger partial charge is 0.226 e. The van der Waals surface area contributed by atoms with Crippen LogP contribution in [-0.2, 0) is 15.6 Å². The van der Waals surface area contributed by atoms with Crippen LogP contribution in [0.5, 0.6) is 0 Å². The Balaban J connectivity index is 1.53. The molecule has 162 valence electrons. The Morgan fingerprint density at radius 1 is 1.10 bits per heavy atom. The number of halogens is 2. The Labute approximate surface area is 187 Å². The van der Waals surface area contributed by atoms with Crippen molar-refractivity contribution in [2.24, 2.45) is 5.92 Å². The normalized spacial score (nSPS) is 26.2. The molecule has 2 fully saturated rings. The first-order chi connectivity index (χ1) is 13.5. The van der Waals surface area contributed by atoms with Crippen LogP contribution in [0.15, 0.2) is 18.2 Å². The minimum Gasteiger partial charge on any atom is -0.414 e. The van der Waals surface area contributed by atoms with E-state index in [0.29, 0.717) is 34.5 Å². The van der Waals surface area contributed by atoms with Gasteiger partial charge in [0.25, 0.3) is 0 Å². The van der Waals surface area contributed by atoms with E-state index < -0.39 is 8.32 Å². The number of likely N-dealkylation sites (tertiary alicyclic amines) is 1. The summed E-state index contributed by atoms with van der Waals surface area (Å²) in [6.07, 6.45) is 6.21. The lowest BCUT2D eigenvalue weighted by Crippen LogP contribution is -2.47. The molecule has 1 amide bonds. The van der Waals surface area contributed by atoms with Crippen LogP contribution in [-0.4, -0.2) is 37.8 Å². The molecule has 29 heavy (non-hydrogen) atoms. The molecule has 3 rings (SSSR count). The van der Waals surface area contributed by atoms with Gasteiger partial charge >= 0.3 is 0 Å². The van der Waals surface area contributed by atoms with Crippen LogP contribution in [0.4, 0.5) is 0 Å². The lowest BCUT2D eigenvalue weighted by atomic mass is 9.92. The van der Waals surface area contributed by atoms with E-state index in [1.165, 1.54) is 0 Å². The molecule has 1 aliphatic carbocycles. The van der Waals surface area contributed by atoms with Crippen molar-refractivity contribution >= 4 is 37.4 Å². The molecule has 1 aromatic rings. The highest BCUT2D eigenvalue weighted by Crippen LogP contribution is 2.40. The van der Waals surface area contributed by atoms with Crippen molar-refractivity contribution in [2.45, 2.75) is 89.6 Å². The van der Waals surface area contributed by atoms with E-state index in [9.17, 15) is 4.79 Å². The summed E-state index contributed by atoms with van der Waals surface area (Å²) >= 11 is 12.3. The average Bonchev–Trinajstić information content (AvgIpc) is 2.97. The molecule has 1 aromatic carbocycles. The van der Waals surface area contributed by atoms with E-state index in [0.717, 1.165) is 44.2 Å². The highest BCUT2D eigenvalue weighted by atomic mass is 35.5. The molecule has 2 aliphatic rings. The Hall–Kier alpha value is -0.553. The zero-order chi connectivity index (χ0) is 21.4. The van der Waals surface area contributed by atoms with Crippen LogP contribution >= 0.6 is 23.2 Å². The molecule has 0 N–H and O–H groups in total. The first-order valence-corrected chi connectivity index (χ1v) is 14.6. The number of carbonyl (C=O) groups is 1. The first-order valence-electron chi connectivity index (χ1n) is 10.9. The molecule has 1 atom stereocenters. The van der Waals surface area contributed by atoms with Gasteiger partial charge in [0.1, 0.15) is 0 Å². The quantitative estimate of drug-likeness (QED) is 0.461. The molecule has 0 radical (unpaired) electrons. The summed E-state index contributed by atoms with van der Waals surface area (Å²) in [6, 6.07) is 5.93. The van der Waals surface area contributed by atoms with Gasteiger partial charge < -0.3 is 9.33 Å². The average molecular weight is 457 g/mol. The second-order valence-electron chi connectivity index (χ2n) is 10.3. The number of carbonyl (C=O) groups excluding carboxylic acids is 1. The van der Waals surface area contributed by atoms with Gasteiger partial charge in [-0.15, -0.1) is 0 Å². The molecule has 3 nitrogen and oxygen atoms in total. The van der Waals surface area contributed by atoms with Gasteiger partial charge in [-0.3, -0.25) is 4.79 Å². The Kier molecular flexibility index (Phi) is 7.09. The summed E-state index contributed by atoms with van der Waals surface area (Å²) in [5.41, 5.74) is 1.02. The molecule has 1 aliphatic heterocycles. The second kappa shape index (κ2) is 8.90. The zero-order valence-electron chi connectivity index (χ0n) is 18.4. The monoisotopic (exact) mass is 455 g/mol. The highest BCUT2D eigenvalue weighted by molar-refractivity contribution is 6.74. The summed E-state index contributed by atoms with van der Waals surface area (Å²) in [5.74, 6) is 0.333. The molecule has 1 heterocycles.